The summed E-state index contributed by atoms with van der Waals surface area (Å²) in [4.78, 5) is 58.3. The molecule has 2 atom stereocenters. The summed E-state index contributed by atoms with van der Waals surface area (Å²) in [5.41, 5.74) is 3.84. The minimum absolute atomic E-state index is 0.0912. The summed E-state index contributed by atoms with van der Waals surface area (Å²) in [5, 5.41) is 41.4. The van der Waals surface area contributed by atoms with E-state index in [1.54, 1.807) is 52.3 Å². The first-order valence-electron chi connectivity index (χ1n) is 17.9. The molecule has 11 heteroatoms. The molecule has 7 rings (SSSR count). The van der Waals surface area contributed by atoms with Crippen molar-refractivity contribution in [2.24, 2.45) is 16.2 Å². The maximum atomic E-state index is 14.0. The second-order valence-electron chi connectivity index (χ2n) is 15.9. The number of hydrogen-bond acceptors (Lipinski definition) is 7. The van der Waals surface area contributed by atoms with Crippen LogP contribution in [0.3, 0.4) is 0 Å². The van der Waals surface area contributed by atoms with Crippen LogP contribution in [0.25, 0.3) is 11.1 Å². The molecular formula is C43H43N3O8. The molecule has 2 aliphatic heterocycles. The average Bonchev–Trinajstić information content (AvgIpc) is 3.13. The molecule has 4 N–H and O–H groups in total. The highest BCUT2D eigenvalue weighted by Gasteiger charge is 2.50. The van der Waals surface area contributed by atoms with Crippen molar-refractivity contribution in [1.82, 2.24) is 14.8 Å². The van der Waals surface area contributed by atoms with E-state index >= 15 is 0 Å². The molecular weight excluding hydrogens is 686 g/mol. The third kappa shape index (κ3) is 6.16. The van der Waals surface area contributed by atoms with E-state index in [-0.39, 0.29) is 58.0 Å². The number of aromatic nitrogens is 1. The number of fused-ring (bicyclic) bond motifs is 2. The molecule has 2 amide bonds. The van der Waals surface area contributed by atoms with E-state index in [1.165, 1.54) is 30.1 Å². The predicted molar refractivity (Wildman–Crippen MR) is 201 cm³/mol. The third-order valence-corrected chi connectivity index (χ3v) is 11.7. The van der Waals surface area contributed by atoms with Gasteiger partial charge < -0.3 is 30.2 Å². The SMILES string of the molecule is CC1(C)C(c2ccc(C(=O)O)cc2)=CC[C@]2(C)CN(C(=O)c3cncc(C(=O)N4CC=C5C(O)(O)C(c6ccc(C(=O)O)cc6)=CC[C@]5(C)C4)c3)CC=C12. The molecule has 0 saturated heterocycles. The summed E-state index contributed by atoms with van der Waals surface area (Å²) < 4.78 is 0. The maximum Gasteiger partial charge on any atom is 0.335 e. The lowest BCUT2D eigenvalue weighted by Crippen LogP contribution is -2.52. The van der Waals surface area contributed by atoms with Crippen LogP contribution in [0.2, 0.25) is 0 Å². The number of carboxylic acids is 2. The summed E-state index contributed by atoms with van der Waals surface area (Å²) in [7, 11) is 0. The van der Waals surface area contributed by atoms with Gasteiger partial charge in [0.1, 0.15) is 0 Å². The van der Waals surface area contributed by atoms with Crippen molar-refractivity contribution in [1.29, 1.82) is 0 Å². The standard InChI is InChI=1S/C43H43N3O8/c1-40(2)32(26-5-9-28(10-6-26)38(49)50)13-17-41(3)24-45(19-15-34(40)41)36(47)30-21-31(23-44-22-30)37(48)46-20-16-35-42(4,25-46)18-14-33(43(35,53)54)27-7-11-29(12-8-27)39(51)52/h5-16,21-23,53-54H,17-20,24-25H2,1-4H3,(H,49,50)(H,51,52)/t41-,42-/m1/s1. The topological polar surface area (TPSA) is 169 Å². The van der Waals surface area contributed by atoms with Crippen molar-refractivity contribution in [2.75, 3.05) is 26.2 Å². The smallest absolute Gasteiger partial charge is 0.335 e. The van der Waals surface area contributed by atoms with Crippen molar-refractivity contribution in [3.05, 3.63) is 136 Å². The van der Waals surface area contributed by atoms with Crippen LogP contribution in [0.4, 0.5) is 0 Å². The van der Waals surface area contributed by atoms with Gasteiger partial charge in [-0.3, -0.25) is 14.6 Å². The zero-order valence-electron chi connectivity index (χ0n) is 30.7. The van der Waals surface area contributed by atoms with Crippen LogP contribution in [-0.4, -0.2) is 90.9 Å². The Morgan fingerprint density at radius 3 is 1.50 bits per heavy atom. The molecule has 2 aromatic carbocycles. The van der Waals surface area contributed by atoms with Crippen molar-refractivity contribution in [2.45, 2.75) is 46.3 Å². The van der Waals surface area contributed by atoms with Gasteiger partial charge in [0, 0.05) is 60.4 Å². The molecule has 3 heterocycles. The Bertz CT molecular complexity index is 2060. The molecule has 0 fully saturated rings. The molecule has 0 saturated carbocycles. The number of carbonyl (C=O) groups is 4. The van der Waals surface area contributed by atoms with Gasteiger partial charge in [0.2, 0.25) is 5.79 Å². The number of benzene rings is 2. The number of rotatable bonds is 6. The molecule has 54 heavy (non-hydrogen) atoms. The summed E-state index contributed by atoms with van der Waals surface area (Å²) in [6.07, 6.45) is 11.7. The third-order valence-electron chi connectivity index (χ3n) is 11.7. The Morgan fingerprint density at radius 1 is 0.593 bits per heavy atom. The van der Waals surface area contributed by atoms with Gasteiger partial charge in [-0.15, -0.1) is 0 Å². The quantitative estimate of drug-likeness (QED) is 0.177. The number of amides is 2. The number of nitrogens with zero attached hydrogens (tertiary/aromatic N) is 3. The van der Waals surface area contributed by atoms with Crippen LogP contribution in [0.1, 0.15) is 93.1 Å². The Hall–Kier alpha value is -5.65. The largest absolute Gasteiger partial charge is 0.478 e. The average molecular weight is 730 g/mol. The van der Waals surface area contributed by atoms with Crippen molar-refractivity contribution < 1.29 is 39.6 Å². The number of carboxylic acid groups (broad SMARTS) is 2. The van der Waals surface area contributed by atoms with Gasteiger partial charge in [-0.05, 0) is 65.4 Å². The Morgan fingerprint density at radius 2 is 1.02 bits per heavy atom. The number of aromatic carboxylic acids is 2. The Kier molecular flexibility index (Phi) is 8.86. The van der Waals surface area contributed by atoms with Gasteiger partial charge >= 0.3 is 11.9 Å². The zero-order valence-corrected chi connectivity index (χ0v) is 30.7. The van der Waals surface area contributed by atoms with Crippen LogP contribution in [0.5, 0.6) is 0 Å². The fourth-order valence-electron chi connectivity index (χ4n) is 9.03. The summed E-state index contributed by atoms with van der Waals surface area (Å²) in [5.74, 6) is -4.92. The van der Waals surface area contributed by atoms with Crippen LogP contribution < -0.4 is 0 Å². The first kappa shape index (κ1) is 36.7. The van der Waals surface area contributed by atoms with Crippen LogP contribution in [0.15, 0.2) is 102 Å². The maximum absolute atomic E-state index is 14.0. The lowest BCUT2D eigenvalue weighted by atomic mass is 9.58. The van der Waals surface area contributed by atoms with E-state index in [2.05, 4.69) is 37.9 Å². The van der Waals surface area contributed by atoms with Gasteiger partial charge in [-0.1, -0.05) is 81.8 Å². The molecule has 3 aromatic rings. The first-order chi connectivity index (χ1) is 25.4. The van der Waals surface area contributed by atoms with Crippen molar-refractivity contribution in [3.8, 4) is 0 Å². The second kappa shape index (κ2) is 13.0. The predicted octanol–water partition coefficient (Wildman–Crippen LogP) is 5.94. The minimum atomic E-state index is -2.32. The normalized spacial score (nSPS) is 24.2. The Labute approximate surface area is 313 Å². The zero-order chi connectivity index (χ0) is 38.8. The van der Waals surface area contributed by atoms with Crippen LogP contribution in [0, 0.1) is 16.2 Å². The van der Waals surface area contributed by atoms with E-state index < -0.39 is 23.1 Å². The van der Waals surface area contributed by atoms with Crippen molar-refractivity contribution in [3.63, 3.8) is 0 Å². The van der Waals surface area contributed by atoms with E-state index in [1.807, 2.05) is 19.1 Å². The summed E-state index contributed by atoms with van der Waals surface area (Å²) in [6.45, 7) is 9.53. The van der Waals surface area contributed by atoms with E-state index in [4.69, 9.17) is 0 Å². The second-order valence-corrected chi connectivity index (χ2v) is 15.9. The molecule has 2 aliphatic carbocycles. The van der Waals surface area contributed by atoms with Crippen LogP contribution in [-0.2, 0) is 0 Å². The molecule has 0 unspecified atom stereocenters. The molecule has 4 aliphatic rings. The molecule has 278 valence electrons. The number of aliphatic hydroxyl groups is 2. The number of hydrogen-bond donors (Lipinski definition) is 4. The van der Waals surface area contributed by atoms with Gasteiger partial charge in [0.05, 0.1) is 22.3 Å². The molecule has 1 aromatic heterocycles. The summed E-state index contributed by atoms with van der Waals surface area (Å²) in [6, 6.07) is 14.5. The monoisotopic (exact) mass is 729 g/mol. The van der Waals surface area contributed by atoms with E-state index in [9.17, 15) is 39.6 Å². The fourth-order valence-corrected chi connectivity index (χ4v) is 9.03. The van der Waals surface area contributed by atoms with Gasteiger partial charge in [0.15, 0.2) is 0 Å². The van der Waals surface area contributed by atoms with Gasteiger partial charge in [-0.2, -0.15) is 0 Å². The molecule has 0 radical (unpaired) electrons. The molecule has 11 nitrogen and oxygen atoms in total. The fraction of sp³-hybridized carbons (Fsp3) is 0.326. The lowest BCUT2D eigenvalue weighted by Gasteiger charge is -2.50. The van der Waals surface area contributed by atoms with Gasteiger partial charge in [0.25, 0.3) is 11.8 Å². The molecule has 0 spiro atoms. The number of carbonyl (C=O) groups excluding carboxylic acids is 2. The highest BCUT2D eigenvalue weighted by Crippen LogP contribution is 2.55. The highest BCUT2D eigenvalue weighted by atomic mass is 16.5. The summed E-state index contributed by atoms with van der Waals surface area (Å²) >= 11 is 0. The number of pyridine rings is 1. The minimum Gasteiger partial charge on any atom is -0.478 e. The van der Waals surface area contributed by atoms with E-state index in [0.29, 0.717) is 42.6 Å². The lowest BCUT2D eigenvalue weighted by molar-refractivity contribution is -0.0957. The van der Waals surface area contributed by atoms with Gasteiger partial charge in [-0.25, -0.2) is 9.59 Å². The van der Waals surface area contributed by atoms with E-state index in [0.717, 1.165) is 11.1 Å². The van der Waals surface area contributed by atoms with Crippen molar-refractivity contribution >= 4 is 34.9 Å². The first-order valence-corrected chi connectivity index (χ1v) is 17.9. The Balaban J connectivity index is 1.06. The molecule has 0 bridgehead atoms. The number of allylic oxidation sites excluding steroid dienone is 3. The highest BCUT2D eigenvalue weighted by molar-refractivity contribution is 5.99. The van der Waals surface area contributed by atoms with Crippen LogP contribution >= 0.6 is 0 Å².